The van der Waals surface area contributed by atoms with Crippen molar-refractivity contribution in [1.29, 1.82) is 0 Å². The predicted octanol–water partition coefficient (Wildman–Crippen LogP) is 0.254. The Bertz CT molecular complexity index is 21.5. The van der Waals surface area contributed by atoms with Crippen LogP contribution in [0.15, 0.2) is 0 Å². The molecular weight excluding hydrogens is 88.3 g/mol. The molecule has 0 spiro atoms. The molecule has 0 aliphatic carbocycles. The van der Waals surface area contributed by atoms with Crippen LogP contribution in [-0.2, 0) is 0 Å². The molecule has 0 amide bonds. The van der Waals surface area contributed by atoms with Gasteiger partial charge in [0.15, 0.2) is 0 Å². The molecule has 2 radical (unpaired) electrons. The van der Waals surface area contributed by atoms with Crippen molar-refractivity contribution in [2.75, 3.05) is 6.61 Å². The zero-order valence-corrected chi connectivity index (χ0v) is 5.85. The fourth-order valence-corrected chi connectivity index (χ4v) is 0. The third kappa shape index (κ3) is 8.83. The minimum Gasteiger partial charge on any atom is -0.396 e. The zero-order chi connectivity index (χ0) is 4.28. The molecule has 0 aromatic rings. The number of aliphatic hydroxyl groups is 1. The standard InChI is InChI=1S/C4H10O.Mg/c1-4(2)3-5;/h4-5H,3H2,1-2H3;. The van der Waals surface area contributed by atoms with E-state index in [1.54, 1.807) is 0 Å². The molecule has 2 heteroatoms. The average molecular weight is 98.4 g/mol. The maximum Gasteiger partial charge on any atom is 0.0453 e. The first-order valence-electron chi connectivity index (χ1n) is 1.88. The molecule has 0 rings (SSSR count). The summed E-state index contributed by atoms with van der Waals surface area (Å²) in [5, 5.41) is 8.14. The molecule has 0 heterocycles. The Balaban J connectivity index is 0. The normalized spacial score (nSPS) is 8.00. The van der Waals surface area contributed by atoms with E-state index in [1.807, 2.05) is 13.8 Å². The highest BCUT2D eigenvalue weighted by atomic mass is 24.3. The minimum absolute atomic E-state index is 0. The van der Waals surface area contributed by atoms with E-state index in [-0.39, 0.29) is 23.1 Å². The van der Waals surface area contributed by atoms with Crippen LogP contribution in [0, 0.1) is 5.92 Å². The van der Waals surface area contributed by atoms with Crippen LogP contribution in [0.1, 0.15) is 13.8 Å². The van der Waals surface area contributed by atoms with Crippen LogP contribution >= 0.6 is 0 Å². The molecule has 1 N–H and O–H groups in total. The van der Waals surface area contributed by atoms with Gasteiger partial charge in [0.1, 0.15) is 0 Å². The summed E-state index contributed by atoms with van der Waals surface area (Å²) in [7, 11) is 0. The topological polar surface area (TPSA) is 20.2 Å². The van der Waals surface area contributed by atoms with Gasteiger partial charge in [-0.25, -0.2) is 0 Å². The highest BCUT2D eigenvalue weighted by Crippen LogP contribution is 1.83. The Labute approximate surface area is 54.9 Å². The Morgan fingerprint density at radius 2 is 1.67 bits per heavy atom. The van der Waals surface area contributed by atoms with E-state index >= 15 is 0 Å². The molecule has 34 valence electrons. The Morgan fingerprint density at radius 1 is 1.50 bits per heavy atom. The molecule has 0 aromatic heterocycles. The zero-order valence-electron chi connectivity index (χ0n) is 4.44. The van der Waals surface area contributed by atoms with Crippen LogP contribution in [0.2, 0.25) is 0 Å². The van der Waals surface area contributed by atoms with Crippen molar-refractivity contribution in [3.63, 3.8) is 0 Å². The lowest BCUT2D eigenvalue weighted by atomic mass is 10.2. The van der Waals surface area contributed by atoms with Crippen molar-refractivity contribution in [3.05, 3.63) is 0 Å². The number of rotatable bonds is 1. The number of hydrogen-bond acceptors (Lipinski definition) is 1. The summed E-state index contributed by atoms with van der Waals surface area (Å²) in [6.07, 6.45) is 0. The van der Waals surface area contributed by atoms with Crippen molar-refractivity contribution in [1.82, 2.24) is 0 Å². The maximum atomic E-state index is 8.14. The molecule has 1 nitrogen and oxygen atoms in total. The van der Waals surface area contributed by atoms with Crippen LogP contribution in [0.4, 0.5) is 0 Å². The van der Waals surface area contributed by atoms with Crippen molar-refractivity contribution >= 4 is 23.1 Å². The van der Waals surface area contributed by atoms with Gasteiger partial charge < -0.3 is 5.11 Å². The second-order valence-electron chi connectivity index (χ2n) is 1.58. The second kappa shape index (κ2) is 5.73. The highest BCUT2D eigenvalue weighted by Gasteiger charge is 1.81. The predicted molar refractivity (Wildman–Crippen MR) is 27.7 cm³/mol. The first-order valence-corrected chi connectivity index (χ1v) is 1.88. The quantitative estimate of drug-likeness (QED) is 0.466. The minimum atomic E-state index is 0. The van der Waals surface area contributed by atoms with Crippen molar-refractivity contribution < 1.29 is 5.11 Å². The summed E-state index contributed by atoms with van der Waals surface area (Å²) in [6.45, 7) is 4.25. The van der Waals surface area contributed by atoms with Gasteiger partial charge in [0.25, 0.3) is 0 Å². The molecule has 0 aromatic carbocycles. The van der Waals surface area contributed by atoms with Crippen LogP contribution in [0.5, 0.6) is 0 Å². The summed E-state index contributed by atoms with van der Waals surface area (Å²) in [5.74, 6) is 0.440. The van der Waals surface area contributed by atoms with E-state index in [9.17, 15) is 0 Å². The van der Waals surface area contributed by atoms with Crippen LogP contribution < -0.4 is 0 Å². The highest BCUT2D eigenvalue weighted by molar-refractivity contribution is 5.75. The Kier molecular flexibility index (Phi) is 9.42. The summed E-state index contributed by atoms with van der Waals surface area (Å²) < 4.78 is 0. The lowest BCUT2D eigenvalue weighted by Gasteiger charge is -1.90. The van der Waals surface area contributed by atoms with E-state index in [1.165, 1.54) is 0 Å². The van der Waals surface area contributed by atoms with Crippen LogP contribution in [0.25, 0.3) is 0 Å². The van der Waals surface area contributed by atoms with Crippen molar-refractivity contribution in [3.8, 4) is 0 Å². The average Bonchev–Trinajstić information content (AvgIpc) is 1.38. The summed E-state index contributed by atoms with van der Waals surface area (Å²) in [4.78, 5) is 0. The van der Waals surface area contributed by atoms with Crippen LogP contribution in [-0.4, -0.2) is 34.8 Å². The van der Waals surface area contributed by atoms with Gasteiger partial charge in [0, 0.05) is 29.7 Å². The summed E-state index contributed by atoms with van der Waals surface area (Å²) in [6, 6.07) is 0. The molecule has 0 aliphatic heterocycles. The largest absolute Gasteiger partial charge is 0.396 e. The summed E-state index contributed by atoms with van der Waals surface area (Å²) >= 11 is 0. The molecule has 0 atom stereocenters. The molecule has 0 saturated heterocycles. The molecular formula is C4H10MgO. The number of hydrogen-bond donors (Lipinski definition) is 1. The van der Waals surface area contributed by atoms with E-state index < -0.39 is 0 Å². The number of aliphatic hydroxyl groups excluding tert-OH is 1. The van der Waals surface area contributed by atoms with E-state index in [0.29, 0.717) is 12.5 Å². The SMILES string of the molecule is CC(C)CO.[Mg]. The van der Waals surface area contributed by atoms with Gasteiger partial charge >= 0.3 is 0 Å². The molecule has 0 aliphatic rings. The van der Waals surface area contributed by atoms with Gasteiger partial charge in [-0.05, 0) is 5.92 Å². The van der Waals surface area contributed by atoms with Gasteiger partial charge in [-0.1, -0.05) is 13.8 Å². The monoisotopic (exact) mass is 98.1 g/mol. The van der Waals surface area contributed by atoms with Gasteiger partial charge in [0.05, 0.1) is 0 Å². The van der Waals surface area contributed by atoms with E-state index in [2.05, 4.69) is 0 Å². The van der Waals surface area contributed by atoms with Crippen molar-refractivity contribution in [2.45, 2.75) is 13.8 Å². The summed E-state index contributed by atoms with van der Waals surface area (Å²) in [5.41, 5.74) is 0. The van der Waals surface area contributed by atoms with Crippen molar-refractivity contribution in [2.24, 2.45) is 5.92 Å². The van der Waals surface area contributed by atoms with Gasteiger partial charge in [-0.15, -0.1) is 0 Å². The van der Waals surface area contributed by atoms with Gasteiger partial charge in [-0.2, -0.15) is 0 Å². The maximum absolute atomic E-state index is 8.14. The first-order chi connectivity index (χ1) is 2.27. The Hall–Kier alpha value is 0.726. The second-order valence-corrected chi connectivity index (χ2v) is 1.58. The van der Waals surface area contributed by atoms with Crippen LogP contribution in [0.3, 0.4) is 0 Å². The lowest BCUT2D eigenvalue weighted by Crippen LogP contribution is -1.90. The smallest absolute Gasteiger partial charge is 0.0453 e. The molecule has 0 unspecified atom stereocenters. The third-order valence-corrected chi connectivity index (χ3v) is 0.365. The molecule has 0 fully saturated rings. The molecule has 6 heavy (non-hydrogen) atoms. The first kappa shape index (κ1) is 9.87. The molecule has 0 saturated carbocycles. The van der Waals surface area contributed by atoms with E-state index in [4.69, 9.17) is 5.11 Å². The Morgan fingerprint density at radius 3 is 1.67 bits per heavy atom. The fraction of sp³-hybridized carbons (Fsp3) is 1.00. The lowest BCUT2D eigenvalue weighted by molar-refractivity contribution is 0.248. The fourth-order valence-electron chi connectivity index (χ4n) is 0. The van der Waals surface area contributed by atoms with Gasteiger partial charge in [0.2, 0.25) is 0 Å². The molecule has 0 bridgehead atoms. The van der Waals surface area contributed by atoms with E-state index in [0.717, 1.165) is 0 Å². The van der Waals surface area contributed by atoms with Gasteiger partial charge in [-0.3, -0.25) is 0 Å². The third-order valence-electron chi connectivity index (χ3n) is 0.365.